The Kier molecular flexibility index (Phi) is 5.01. The van der Waals surface area contributed by atoms with Crippen molar-refractivity contribution in [1.82, 2.24) is 4.90 Å². The van der Waals surface area contributed by atoms with Crippen molar-refractivity contribution in [2.45, 2.75) is 32.9 Å². The van der Waals surface area contributed by atoms with Crippen LogP contribution in [0.5, 0.6) is 5.75 Å². The Morgan fingerprint density at radius 2 is 2.11 bits per heavy atom. The third-order valence-electron chi connectivity index (χ3n) is 2.94. The minimum absolute atomic E-state index is 0.495. The summed E-state index contributed by atoms with van der Waals surface area (Å²) in [5, 5.41) is 9.68. The van der Waals surface area contributed by atoms with E-state index in [0.29, 0.717) is 23.9 Å². The number of ether oxygens (including phenoxy) is 1. The fourth-order valence-electron chi connectivity index (χ4n) is 1.47. The molecule has 0 fully saturated rings. The van der Waals surface area contributed by atoms with Crippen LogP contribution in [-0.2, 0) is 6.54 Å². The number of benzene rings is 1. The molecular formula is C14H19ClN2O. The molecule has 0 saturated carbocycles. The van der Waals surface area contributed by atoms with Gasteiger partial charge in [0.25, 0.3) is 0 Å². The first-order valence-corrected chi connectivity index (χ1v) is 6.32. The van der Waals surface area contributed by atoms with Crippen LogP contribution in [0.3, 0.4) is 0 Å². The van der Waals surface area contributed by atoms with Gasteiger partial charge in [0, 0.05) is 6.54 Å². The third-order valence-corrected chi connectivity index (χ3v) is 3.24. The fourth-order valence-corrected chi connectivity index (χ4v) is 1.73. The standard InChI is InChI=1S/C14H19ClN2O/c1-5-18-13-7-6-11(8-12(13)15)9-17(4)14(2,3)10-16/h6-8H,5,9H2,1-4H3. The van der Waals surface area contributed by atoms with Crippen LogP contribution in [0.2, 0.25) is 5.02 Å². The number of nitrogens with zero attached hydrogens (tertiary/aromatic N) is 2. The molecule has 0 amide bonds. The summed E-state index contributed by atoms with van der Waals surface area (Å²) in [4.78, 5) is 1.99. The van der Waals surface area contributed by atoms with Gasteiger partial charge in [0.05, 0.1) is 17.7 Å². The van der Waals surface area contributed by atoms with Crippen molar-refractivity contribution in [3.05, 3.63) is 28.8 Å². The van der Waals surface area contributed by atoms with Crippen molar-refractivity contribution in [2.24, 2.45) is 0 Å². The van der Waals surface area contributed by atoms with Gasteiger partial charge in [-0.25, -0.2) is 0 Å². The average molecular weight is 267 g/mol. The molecule has 0 N–H and O–H groups in total. The molecule has 18 heavy (non-hydrogen) atoms. The highest BCUT2D eigenvalue weighted by Crippen LogP contribution is 2.26. The second-order valence-corrected chi connectivity index (χ2v) is 5.13. The summed E-state index contributed by atoms with van der Waals surface area (Å²) in [6, 6.07) is 8.00. The third kappa shape index (κ3) is 3.63. The first-order valence-electron chi connectivity index (χ1n) is 5.94. The molecular weight excluding hydrogens is 248 g/mol. The van der Waals surface area contributed by atoms with Gasteiger partial charge >= 0.3 is 0 Å². The van der Waals surface area contributed by atoms with Crippen LogP contribution < -0.4 is 4.74 Å². The van der Waals surface area contributed by atoms with E-state index in [1.54, 1.807) is 0 Å². The molecule has 0 aromatic heterocycles. The van der Waals surface area contributed by atoms with Gasteiger partial charge in [-0.1, -0.05) is 17.7 Å². The number of rotatable bonds is 5. The van der Waals surface area contributed by atoms with Crippen LogP contribution in [0.15, 0.2) is 18.2 Å². The molecule has 0 bridgehead atoms. The maximum Gasteiger partial charge on any atom is 0.137 e. The minimum Gasteiger partial charge on any atom is -0.492 e. The van der Waals surface area contributed by atoms with Gasteiger partial charge in [0.1, 0.15) is 11.3 Å². The van der Waals surface area contributed by atoms with Crippen LogP contribution >= 0.6 is 11.6 Å². The van der Waals surface area contributed by atoms with Gasteiger partial charge in [0.15, 0.2) is 0 Å². The number of hydrogen-bond acceptors (Lipinski definition) is 3. The second kappa shape index (κ2) is 6.08. The fraction of sp³-hybridized carbons (Fsp3) is 0.500. The summed E-state index contributed by atoms with van der Waals surface area (Å²) >= 11 is 6.13. The van der Waals surface area contributed by atoms with E-state index in [1.165, 1.54) is 0 Å². The molecule has 3 nitrogen and oxygen atoms in total. The van der Waals surface area contributed by atoms with Crippen LogP contribution in [0, 0.1) is 11.3 Å². The molecule has 4 heteroatoms. The largest absolute Gasteiger partial charge is 0.492 e. The van der Waals surface area contributed by atoms with Crippen LogP contribution in [-0.4, -0.2) is 24.1 Å². The van der Waals surface area contributed by atoms with Gasteiger partial charge in [-0.2, -0.15) is 5.26 Å². The first-order chi connectivity index (χ1) is 8.40. The summed E-state index contributed by atoms with van der Waals surface area (Å²) in [7, 11) is 1.92. The Hall–Kier alpha value is -1.24. The Bertz CT molecular complexity index is 452. The molecule has 0 aliphatic heterocycles. The Morgan fingerprint density at radius 3 is 2.61 bits per heavy atom. The monoisotopic (exact) mass is 266 g/mol. The maximum atomic E-state index is 9.07. The summed E-state index contributed by atoms with van der Waals surface area (Å²) in [5.74, 6) is 0.699. The van der Waals surface area contributed by atoms with Crippen molar-refractivity contribution in [3.8, 4) is 11.8 Å². The molecule has 0 atom stereocenters. The molecule has 0 heterocycles. The quantitative estimate of drug-likeness (QED) is 0.819. The zero-order chi connectivity index (χ0) is 13.8. The highest BCUT2D eigenvalue weighted by molar-refractivity contribution is 6.32. The summed E-state index contributed by atoms with van der Waals surface area (Å²) in [5.41, 5.74) is 0.569. The molecule has 1 aromatic rings. The zero-order valence-corrected chi connectivity index (χ0v) is 12.1. The lowest BCUT2D eigenvalue weighted by Gasteiger charge is -2.29. The van der Waals surface area contributed by atoms with Crippen molar-refractivity contribution >= 4 is 11.6 Å². The summed E-state index contributed by atoms with van der Waals surface area (Å²) in [6.45, 7) is 6.98. The van der Waals surface area contributed by atoms with E-state index < -0.39 is 5.54 Å². The number of hydrogen-bond donors (Lipinski definition) is 0. The van der Waals surface area contributed by atoms with E-state index in [0.717, 1.165) is 5.56 Å². The molecule has 98 valence electrons. The van der Waals surface area contributed by atoms with E-state index >= 15 is 0 Å². The number of nitriles is 1. The Balaban J connectivity index is 2.81. The smallest absolute Gasteiger partial charge is 0.137 e. The van der Waals surface area contributed by atoms with Gasteiger partial charge in [-0.3, -0.25) is 4.90 Å². The van der Waals surface area contributed by atoms with Gasteiger partial charge < -0.3 is 4.74 Å². The van der Waals surface area contributed by atoms with Crippen LogP contribution in [0.4, 0.5) is 0 Å². The molecule has 0 saturated heterocycles. The van der Waals surface area contributed by atoms with E-state index in [2.05, 4.69) is 6.07 Å². The van der Waals surface area contributed by atoms with Crippen molar-refractivity contribution in [3.63, 3.8) is 0 Å². The Labute approximate surface area is 114 Å². The predicted octanol–water partition coefficient (Wildman–Crippen LogP) is 3.47. The second-order valence-electron chi connectivity index (χ2n) is 4.72. The van der Waals surface area contributed by atoms with Crippen LogP contribution in [0.1, 0.15) is 26.3 Å². The maximum absolute atomic E-state index is 9.07. The average Bonchev–Trinajstić information content (AvgIpc) is 2.32. The van der Waals surface area contributed by atoms with E-state index in [1.807, 2.05) is 50.9 Å². The summed E-state index contributed by atoms with van der Waals surface area (Å²) in [6.07, 6.45) is 0. The highest BCUT2D eigenvalue weighted by Gasteiger charge is 2.22. The molecule has 0 spiro atoms. The minimum atomic E-state index is -0.495. The van der Waals surface area contributed by atoms with Crippen LogP contribution in [0.25, 0.3) is 0 Å². The van der Waals surface area contributed by atoms with E-state index in [9.17, 15) is 0 Å². The molecule has 0 radical (unpaired) electrons. The SMILES string of the molecule is CCOc1ccc(CN(C)C(C)(C)C#N)cc1Cl. The molecule has 0 unspecified atom stereocenters. The predicted molar refractivity (Wildman–Crippen MR) is 73.8 cm³/mol. The zero-order valence-electron chi connectivity index (χ0n) is 11.3. The number of halogens is 1. The topological polar surface area (TPSA) is 36.3 Å². The normalized spacial score (nSPS) is 11.4. The van der Waals surface area contributed by atoms with Crippen molar-refractivity contribution < 1.29 is 4.74 Å². The lowest BCUT2D eigenvalue weighted by Crippen LogP contribution is -2.38. The summed E-state index contributed by atoms with van der Waals surface area (Å²) < 4.78 is 5.39. The highest BCUT2D eigenvalue weighted by atomic mass is 35.5. The Morgan fingerprint density at radius 1 is 1.44 bits per heavy atom. The molecule has 1 aromatic carbocycles. The van der Waals surface area contributed by atoms with Crippen molar-refractivity contribution in [2.75, 3.05) is 13.7 Å². The first kappa shape index (κ1) is 14.8. The lowest BCUT2D eigenvalue weighted by molar-refractivity contribution is 0.203. The van der Waals surface area contributed by atoms with Gasteiger partial charge in [0.2, 0.25) is 0 Å². The molecule has 1 rings (SSSR count). The van der Waals surface area contributed by atoms with Gasteiger partial charge in [-0.05, 0) is 45.5 Å². The van der Waals surface area contributed by atoms with Crippen molar-refractivity contribution in [1.29, 1.82) is 5.26 Å². The van der Waals surface area contributed by atoms with E-state index in [4.69, 9.17) is 21.6 Å². The lowest BCUT2D eigenvalue weighted by atomic mass is 10.0. The molecule has 0 aliphatic carbocycles. The molecule has 0 aliphatic rings. The van der Waals surface area contributed by atoms with E-state index in [-0.39, 0.29) is 0 Å². The van der Waals surface area contributed by atoms with Gasteiger partial charge in [-0.15, -0.1) is 0 Å².